The second kappa shape index (κ2) is 2.96. The van der Waals surface area contributed by atoms with Gasteiger partial charge >= 0.3 is 0 Å². The monoisotopic (exact) mass is 138 g/mol. The van der Waals surface area contributed by atoms with Crippen molar-refractivity contribution in [1.82, 2.24) is 0 Å². The average Bonchev–Trinajstić information content (AvgIpc) is 1.94. The lowest BCUT2D eigenvalue weighted by atomic mass is 10.2. The molecule has 1 rings (SSSR count). The van der Waals surface area contributed by atoms with Gasteiger partial charge in [0, 0.05) is 5.56 Å². The number of benzene rings is 1. The lowest BCUT2D eigenvalue weighted by molar-refractivity contribution is 0.321. The van der Waals surface area contributed by atoms with Crippen LogP contribution >= 0.6 is 0 Å². The Labute approximate surface area is 57.6 Å². The Kier molecular flexibility index (Phi) is 1.99. The van der Waals surface area contributed by atoms with Crippen molar-refractivity contribution in [3.8, 4) is 0 Å². The summed E-state index contributed by atoms with van der Waals surface area (Å²) in [4.78, 5) is 0. The van der Waals surface area contributed by atoms with Gasteiger partial charge in [-0.25, -0.2) is 4.39 Å². The van der Waals surface area contributed by atoms with E-state index in [-0.39, 0.29) is 5.56 Å². The molecule has 0 aromatic heterocycles. The van der Waals surface area contributed by atoms with Crippen molar-refractivity contribution >= 4 is 6.21 Å². The predicted molar refractivity (Wildman–Crippen MR) is 34.6 cm³/mol. The molecule has 0 heterocycles. The van der Waals surface area contributed by atoms with E-state index in [1.807, 2.05) is 0 Å². The molecule has 0 aliphatic carbocycles. The Bertz CT molecular complexity index is 247. The van der Waals surface area contributed by atoms with Crippen molar-refractivity contribution in [2.45, 2.75) is 0 Å². The first-order valence-corrected chi connectivity index (χ1v) is 2.67. The highest BCUT2D eigenvalue weighted by Crippen LogP contribution is 2.01. The molecule has 0 aliphatic rings. The van der Waals surface area contributed by atoms with Gasteiger partial charge < -0.3 is 5.21 Å². The minimum Gasteiger partial charge on any atom is -0.411 e. The van der Waals surface area contributed by atoms with Gasteiger partial charge in [-0.1, -0.05) is 11.2 Å². The van der Waals surface area contributed by atoms with E-state index in [1.54, 1.807) is 0 Å². The first-order valence-electron chi connectivity index (χ1n) is 2.67. The maximum Gasteiger partial charge on any atom is 0.132 e. The quantitative estimate of drug-likeness (QED) is 0.355. The van der Waals surface area contributed by atoms with Crippen LogP contribution in [0, 0.1) is 11.9 Å². The summed E-state index contributed by atoms with van der Waals surface area (Å²) in [6.07, 6.45) is 1.02. The topological polar surface area (TPSA) is 32.6 Å². The first kappa shape index (κ1) is 6.74. The minimum atomic E-state index is -0.420. The van der Waals surface area contributed by atoms with E-state index in [2.05, 4.69) is 11.2 Å². The number of halogens is 1. The average molecular weight is 138 g/mol. The van der Waals surface area contributed by atoms with E-state index < -0.39 is 5.82 Å². The van der Waals surface area contributed by atoms with Gasteiger partial charge in [0.25, 0.3) is 0 Å². The molecule has 0 amide bonds. The molecule has 1 aromatic carbocycles. The summed E-state index contributed by atoms with van der Waals surface area (Å²) in [5, 5.41) is 10.7. The van der Waals surface area contributed by atoms with E-state index in [0.717, 1.165) is 6.21 Å². The molecule has 0 bridgehead atoms. The highest BCUT2D eigenvalue weighted by atomic mass is 19.1. The molecule has 0 spiro atoms. The van der Waals surface area contributed by atoms with Crippen LogP contribution in [0.5, 0.6) is 0 Å². The molecule has 3 heteroatoms. The molecular weight excluding hydrogens is 133 g/mol. The normalized spacial score (nSPS) is 10.5. The second-order valence-corrected chi connectivity index (χ2v) is 1.69. The standard InChI is InChI=1S/C7H5FNO/c8-7-4-2-1-3-6(7)5-9-10/h2-5,10H. The van der Waals surface area contributed by atoms with Gasteiger partial charge in [0.2, 0.25) is 0 Å². The fourth-order valence-corrected chi connectivity index (χ4v) is 0.585. The van der Waals surface area contributed by atoms with Gasteiger partial charge in [0.05, 0.1) is 6.21 Å². The van der Waals surface area contributed by atoms with E-state index in [0.29, 0.717) is 0 Å². The molecule has 0 saturated carbocycles. The molecule has 2 nitrogen and oxygen atoms in total. The summed E-state index contributed by atoms with van der Waals surface area (Å²) in [5.74, 6) is -0.420. The Morgan fingerprint density at radius 3 is 3.10 bits per heavy atom. The lowest BCUT2D eigenvalue weighted by Gasteiger charge is -1.90. The molecule has 0 atom stereocenters. The van der Waals surface area contributed by atoms with Gasteiger partial charge in [-0.3, -0.25) is 0 Å². The Hall–Kier alpha value is -1.38. The maximum atomic E-state index is 12.6. The third-order valence-corrected chi connectivity index (χ3v) is 1.04. The summed E-state index contributed by atoms with van der Waals surface area (Å²) in [7, 11) is 0. The number of rotatable bonds is 1. The zero-order valence-corrected chi connectivity index (χ0v) is 5.08. The van der Waals surface area contributed by atoms with Crippen molar-refractivity contribution in [2.75, 3.05) is 0 Å². The lowest BCUT2D eigenvalue weighted by Crippen LogP contribution is -1.85. The maximum absolute atomic E-state index is 12.6. The summed E-state index contributed by atoms with van der Waals surface area (Å²) in [6, 6.07) is 6.74. The second-order valence-electron chi connectivity index (χ2n) is 1.69. The molecule has 10 heavy (non-hydrogen) atoms. The number of hydrogen-bond donors (Lipinski definition) is 1. The molecule has 1 aromatic rings. The smallest absolute Gasteiger partial charge is 0.132 e. The van der Waals surface area contributed by atoms with Crippen LogP contribution in [0.2, 0.25) is 0 Å². The number of hydrogen-bond acceptors (Lipinski definition) is 2. The SMILES string of the molecule is ON=Cc1c[c]ccc1F. The summed E-state index contributed by atoms with van der Waals surface area (Å²) < 4.78 is 12.6. The van der Waals surface area contributed by atoms with Gasteiger partial charge in [-0.05, 0) is 18.2 Å². The summed E-state index contributed by atoms with van der Waals surface area (Å²) in [6.45, 7) is 0. The highest BCUT2D eigenvalue weighted by Gasteiger charge is 1.94. The third kappa shape index (κ3) is 1.31. The first-order chi connectivity index (χ1) is 4.84. The molecule has 0 fully saturated rings. The molecule has 1 radical (unpaired) electrons. The number of nitrogens with zero attached hydrogens (tertiary/aromatic N) is 1. The van der Waals surface area contributed by atoms with Crippen molar-refractivity contribution in [1.29, 1.82) is 0 Å². The molecule has 0 aliphatic heterocycles. The third-order valence-electron chi connectivity index (χ3n) is 1.04. The van der Waals surface area contributed by atoms with Crippen molar-refractivity contribution in [3.63, 3.8) is 0 Å². The van der Waals surface area contributed by atoms with Gasteiger partial charge in [0.1, 0.15) is 5.82 Å². The summed E-state index contributed by atoms with van der Waals surface area (Å²) in [5.41, 5.74) is 0.227. The fraction of sp³-hybridized carbons (Fsp3) is 0. The van der Waals surface area contributed by atoms with Crippen molar-refractivity contribution in [3.05, 3.63) is 35.6 Å². The number of oxime groups is 1. The van der Waals surface area contributed by atoms with Crippen LogP contribution in [0.4, 0.5) is 4.39 Å². The van der Waals surface area contributed by atoms with Crippen LogP contribution in [-0.2, 0) is 0 Å². The van der Waals surface area contributed by atoms with Crippen molar-refractivity contribution < 1.29 is 9.60 Å². The van der Waals surface area contributed by atoms with E-state index in [4.69, 9.17) is 5.21 Å². The zero-order chi connectivity index (χ0) is 7.40. The Balaban J connectivity index is 3.03. The largest absolute Gasteiger partial charge is 0.411 e. The zero-order valence-electron chi connectivity index (χ0n) is 5.08. The Morgan fingerprint density at radius 1 is 1.70 bits per heavy atom. The van der Waals surface area contributed by atoms with E-state index in [9.17, 15) is 4.39 Å². The molecule has 0 unspecified atom stereocenters. The van der Waals surface area contributed by atoms with Crippen LogP contribution in [0.25, 0.3) is 0 Å². The molecule has 1 N–H and O–H groups in total. The van der Waals surface area contributed by atoms with Crippen LogP contribution < -0.4 is 0 Å². The summed E-state index contributed by atoms with van der Waals surface area (Å²) >= 11 is 0. The van der Waals surface area contributed by atoms with Crippen molar-refractivity contribution in [2.24, 2.45) is 5.16 Å². The van der Waals surface area contributed by atoms with Crippen LogP contribution in [0.3, 0.4) is 0 Å². The predicted octanol–water partition coefficient (Wildman–Crippen LogP) is 1.43. The van der Waals surface area contributed by atoms with Gasteiger partial charge in [0.15, 0.2) is 0 Å². The Morgan fingerprint density at radius 2 is 2.50 bits per heavy atom. The fourth-order valence-electron chi connectivity index (χ4n) is 0.585. The van der Waals surface area contributed by atoms with E-state index in [1.165, 1.54) is 18.2 Å². The molecule has 51 valence electrons. The van der Waals surface area contributed by atoms with Crippen LogP contribution in [0.1, 0.15) is 5.56 Å². The van der Waals surface area contributed by atoms with Crippen LogP contribution in [0.15, 0.2) is 23.4 Å². The van der Waals surface area contributed by atoms with Gasteiger partial charge in [-0.2, -0.15) is 0 Å². The van der Waals surface area contributed by atoms with Crippen LogP contribution in [-0.4, -0.2) is 11.4 Å². The molecular formula is C7H5FNO. The van der Waals surface area contributed by atoms with E-state index >= 15 is 0 Å². The minimum absolute atomic E-state index is 0.227. The van der Waals surface area contributed by atoms with Gasteiger partial charge in [-0.15, -0.1) is 0 Å². The highest BCUT2D eigenvalue weighted by molar-refractivity contribution is 5.79. The molecule has 0 saturated heterocycles.